The van der Waals surface area contributed by atoms with E-state index < -0.39 is 6.10 Å². The highest BCUT2D eigenvalue weighted by molar-refractivity contribution is 5.70. The van der Waals surface area contributed by atoms with Crippen LogP contribution in [0.4, 0.5) is 0 Å². The van der Waals surface area contributed by atoms with Gasteiger partial charge in [0.25, 0.3) is 0 Å². The fraction of sp³-hybridized carbons (Fsp3) is 0.765. The van der Waals surface area contributed by atoms with Gasteiger partial charge in [0.1, 0.15) is 6.61 Å². The molecule has 0 fully saturated rings. The largest absolute Gasteiger partial charge is 0.462 e. The fourth-order valence-electron chi connectivity index (χ4n) is 6.48. The molecular weight excluding hydrogens is 693 g/mol. The van der Waals surface area contributed by atoms with Crippen molar-refractivity contribution in [3.05, 3.63) is 60.8 Å². The van der Waals surface area contributed by atoms with Crippen LogP contribution in [0.5, 0.6) is 0 Å². The number of ether oxygens (including phenoxy) is 3. The fourth-order valence-corrected chi connectivity index (χ4v) is 6.48. The molecule has 5 nitrogen and oxygen atoms in total. The van der Waals surface area contributed by atoms with Gasteiger partial charge in [-0.25, -0.2) is 0 Å². The third-order valence-corrected chi connectivity index (χ3v) is 10.0. The summed E-state index contributed by atoms with van der Waals surface area (Å²) in [5, 5.41) is 0. The summed E-state index contributed by atoms with van der Waals surface area (Å²) in [5.41, 5.74) is 0. The number of rotatable bonds is 43. The molecule has 0 amide bonds. The summed E-state index contributed by atoms with van der Waals surface area (Å²) in [7, 11) is 0. The van der Waals surface area contributed by atoms with Gasteiger partial charge in [-0.15, -0.1) is 0 Å². The molecule has 324 valence electrons. The van der Waals surface area contributed by atoms with Crippen LogP contribution in [0.1, 0.15) is 226 Å². The van der Waals surface area contributed by atoms with Crippen molar-refractivity contribution in [3.8, 4) is 0 Å². The minimum atomic E-state index is -0.541. The smallest absolute Gasteiger partial charge is 0.306 e. The molecule has 0 rings (SSSR count). The Kier molecular flexibility index (Phi) is 45.0. The number of hydrogen-bond donors (Lipinski definition) is 0. The van der Waals surface area contributed by atoms with E-state index in [-0.39, 0.29) is 25.2 Å². The molecule has 0 heterocycles. The second-order valence-corrected chi connectivity index (χ2v) is 15.6. The van der Waals surface area contributed by atoms with Gasteiger partial charge in [-0.05, 0) is 77.0 Å². The normalized spacial score (nSPS) is 12.7. The molecule has 0 aromatic heterocycles. The van der Waals surface area contributed by atoms with Crippen molar-refractivity contribution in [1.82, 2.24) is 0 Å². The summed E-state index contributed by atoms with van der Waals surface area (Å²) in [6, 6.07) is 0. The van der Waals surface area contributed by atoms with Gasteiger partial charge in [0.2, 0.25) is 0 Å². The lowest BCUT2D eigenvalue weighted by Crippen LogP contribution is -2.30. The van der Waals surface area contributed by atoms with Gasteiger partial charge in [-0.3, -0.25) is 9.59 Å². The number of hydrogen-bond acceptors (Lipinski definition) is 5. The van der Waals surface area contributed by atoms with Crippen LogP contribution >= 0.6 is 0 Å². The molecule has 1 unspecified atom stereocenters. The molecule has 0 radical (unpaired) electrons. The Labute approximate surface area is 347 Å². The van der Waals surface area contributed by atoms with Crippen LogP contribution in [-0.4, -0.2) is 37.9 Å². The Morgan fingerprint density at radius 1 is 0.411 bits per heavy atom. The Bertz CT molecular complexity index is 977. The van der Waals surface area contributed by atoms with Crippen LogP contribution in [0.25, 0.3) is 0 Å². The molecule has 0 aliphatic rings. The molecular formula is C51H90O5. The summed E-state index contributed by atoms with van der Waals surface area (Å²) in [6.45, 7) is 7.65. The van der Waals surface area contributed by atoms with Gasteiger partial charge in [0.05, 0.1) is 6.61 Å². The van der Waals surface area contributed by atoms with Crippen molar-refractivity contribution in [1.29, 1.82) is 0 Å². The van der Waals surface area contributed by atoms with E-state index in [4.69, 9.17) is 14.2 Å². The molecule has 5 heteroatoms. The molecule has 0 bridgehead atoms. The van der Waals surface area contributed by atoms with Gasteiger partial charge in [-0.1, -0.05) is 197 Å². The standard InChI is InChI=1S/C51H90O5/c1-4-7-10-13-16-19-21-23-24-25-26-27-28-29-30-33-35-38-41-44-50(52)55-48-49(56-51(53)45-42-39-36-32-18-15-12-9-6-3)47-54-46-43-40-37-34-31-22-20-17-14-11-8-5-2/h7,10,14,16-17,19,23-24,26-27,49H,4-6,8-9,11-13,15,18,20-22,25,28-48H2,1-3H3/b10-7-,17-14-,19-16-,24-23-,27-26-. The predicted molar refractivity (Wildman–Crippen MR) is 242 cm³/mol. The van der Waals surface area contributed by atoms with Crippen LogP contribution in [-0.2, 0) is 23.8 Å². The number of esters is 2. The monoisotopic (exact) mass is 783 g/mol. The van der Waals surface area contributed by atoms with Crippen molar-refractivity contribution < 1.29 is 23.8 Å². The third-order valence-electron chi connectivity index (χ3n) is 10.0. The minimum Gasteiger partial charge on any atom is -0.462 e. The molecule has 1 atom stereocenters. The molecule has 0 aromatic rings. The zero-order chi connectivity index (χ0) is 40.7. The van der Waals surface area contributed by atoms with E-state index in [1.54, 1.807) is 0 Å². The molecule has 56 heavy (non-hydrogen) atoms. The molecule has 0 saturated heterocycles. The van der Waals surface area contributed by atoms with E-state index >= 15 is 0 Å². The van der Waals surface area contributed by atoms with E-state index in [0.717, 1.165) is 77.0 Å². The highest BCUT2D eigenvalue weighted by atomic mass is 16.6. The maximum absolute atomic E-state index is 12.7. The van der Waals surface area contributed by atoms with Crippen molar-refractivity contribution in [2.75, 3.05) is 19.8 Å². The van der Waals surface area contributed by atoms with E-state index in [0.29, 0.717) is 19.4 Å². The first kappa shape index (κ1) is 53.6. The van der Waals surface area contributed by atoms with E-state index in [9.17, 15) is 9.59 Å². The number of carbonyl (C=O) groups excluding carboxylic acids is 2. The van der Waals surface area contributed by atoms with Crippen molar-refractivity contribution in [2.45, 2.75) is 232 Å². The van der Waals surface area contributed by atoms with Gasteiger partial charge in [0, 0.05) is 19.4 Å². The van der Waals surface area contributed by atoms with Gasteiger partial charge in [0.15, 0.2) is 6.10 Å². The second kappa shape index (κ2) is 47.0. The Morgan fingerprint density at radius 2 is 0.821 bits per heavy atom. The zero-order valence-corrected chi connectivity index (χ0v) is 37.1. The van der Waals surface area contributed by atoms with Crippen LogP contribution in [0.15, 0.2) is 60.8 Å². The molecule has 0 aromatic carbocycles. The SMILES string of the molecule is CC/C=C\C/C=C\C/C=C\C/C=C\CCCCCCCCC(=O)OCC(COCCCCCCCC/C=C\CCCC)OC(=O)CCCCCCCCCCC. The lowest BCUT2D eigenvalue weighted by atomic mass is 10.1. The first-order chi connectivity index (χ1) is 27.6. The lowest BCUT2D eigenvalue weighted by Gasteiger charge is -2.18. The van der Waals surface area contributed by atoms with Crippen LogP contribution in [0, 0.1) is 0 Å². The van der Waals surface area contributed by atoms with Gasteiger partial charge in [-0.2, -0.15) is 0 Å². The van der Waals surface area contributed by atoms with E-state index in [2.05, 4.69) is 81.5 Å². The summed E-state index contributed by atoms with van der Waals surface area (Å²) < 4.78 is 17.3. The Hall–Kier alpha value is -2.40. The third kappa shape index (κ3) is 44.3. The summed E-state index contributed by atoms with van der Waals surface area (Å²) in [6.07, 6.45) is 57.9. The van der Waals surface area contributed by atoms with Crippen LogP contribution in [0.2, 0.25) is 0 Å². The maximum Gasteiger partial charge on any atom is 0.306 e. The number of unbranched alkanes of at least 4 members (excludes halogenated alkanes) is 22. The highest BCUT2D eigenvalue weighted by Crippen LogP contribution is 2.13. The first-order valence-corrected chi connectivity index (χ1v) is 23.8. The second-order valence-electron chi connectivity index (χ2n) is 15.6. The quantitative estimate of drug-likeness (QED) is 0.0350. The van der Waals surface area contributed by atoms with Crippen LogP contribution in [0.3, 0.4) is 0 Å². The van der Waals surface area contributed by atoms with Gasteiger partial charge >= 0.3 is 11.9 Å². The Morgan fingerprint density at radius 3 is 1.36 bits per heavy atom. The maximum atomic E-state index is 12.7. The molecule has 0 aliphatic heterocycles. The lowest BCUT2D eigenvalue weighted by molar-refractivity contribution is -0.163. The van der Waals surface area contributed by atoms with E-state index in [1.165, 1.54) is 116 Å². The minimum absolute atomic E-state index is 0.0759. The number of allylic oxidation sites excluding steroid dienone is 10. The number of carbonyl (C=O) groups is 2. The topological polar surface area (TPSA) is 61.8 Å². The van der Waals surface area contributed by atoms with E-state index in [1.807, 2.05) is 0 Å². The van der Waals surface area contributed by atoms with Crippen LogP contribution < -0.4 is 0 Å². The summed E-state index contributed by atoms with van der Waals surface area (Å²) in [4.78, 5) is 25.2. The molecule has 0 spiro atoms. The first-order valence-electron chi connectivity index (χ1n) is 23.8. The van der Waals surface area contributed by atoms with Crippen molar-refractivity contribution in [2.24, 2.45) is 0 Å². The van der Waals surface area contributed by atoms with Crippen molar-refractivity contribution in [3.63, 3.8) is 0 Å². The summed E-state index contributed by atoms with van der Waals surface area (Å²) in [5.74, 6) is -0.416. The highest BCUT2D eigenvalue weighted by Gasteiger charge is 2.17. The molecule has 0 N–H and O–H groups in total. The average molecular weight is 783 g/mol. The molecule has 0 saturated carbocycles. The van der Waals surface area contributed by atoms with Crippen molar-refractivity contribution >= 4 is 11.9 Å². The Balaban J connectivity index is 4.21. The zero-order valence-electron chi connectivity index (χ0n) is 37.1. The molecule has 0 aliphatic carbocycles. The summed E-state index contributed by atoms with van der Waals surface area (Å²) >= 11 is 0. The predicted octanol–water partition coefficient (Wildman–Crippen LogP) is 15.8. The average Bonchev–Trinajstić information content (AvgIpc) is 3.20. The van der Waals surface area contributed by atoms with Gasteiger partial charge < -0.3 is 14.2 Å².